The van der Waals surface area contributed by atoms with E-state index < -0.39 is 0 Å². The van der Waals surface area contributed by atoms with E-state index in [0.29, 0.717) is 25.0 Å². The largest absolute Gasteiger partial charge is 0.348 e. The van der Waals surface area contributed by atoms with Gasteiger partial charge in [0, 0.05) is 17.1 Å². The Morgan fingerprint density at radius 3 is 2.64 bits per heavy atom. The van der Waals surface area contributed by atoms with Crippen molar-refractivity contribution in [1.82, 2.24) is 10.2 Å². The molecule has 124 valence electrons. The zero-order valence-corrected chi connectivity index (χ0v) is 15.5. The minimum absolute atomic E-state index is 0. The average Bonchev–Trinajstić information content (AvgIpc) is 2.80. The Morgan fingerprint density at radius 1 is 1.45 bits per heavy atom. The van der Waals surface area contributed by atoms with E-state index in [2.05, 4.69) is 33.1 Å². The zero-order chi connectivity index (χ0) is 15.4. The quantitative estimate of drug-likeness (QED) is 0.813. The number of amides is 1. The molecule has 1 aromatic carbocycles. The Kier molecular flexibility index (Phi) is 7.83. The molecule has 0 radical (unpaired) electrons. The SMILES string of the molecule is CC(NC(=O)CN1CC(CN)CC1C)c1ccc(Br)cc1.Cl. The molecule has 6 heteroatoms. The molecule has 0 saturated carbocycles. The van der Waals surface area contributed by atoms with E-state index in [9.17, 15) is 4.79 Å². The first-order valence-electron chi connectivity index (χ1n) is 7.48. The van der Waals surface area contributed by atoms with Crippen LogP contribution in [-0.4, -0.2) is 36.5 Å². The number of rotatable bonds is 5. The minimum Gasteiger partial charge on any atom is -0.348 e. The minimum atomic E-state index is 0. The summed E-state index contributed by atoms with van der Waals surface area (Å²) in [6.07, 6.45) is 1.09. The first kappa shape index (κ1) is 19.4. The Hall–Kier alpha value is -0.620. The smallest absolute Gasteiger partial charge is 0.234 e. The second kappa shape index (κ2) is 8.87. The van der Waals surface area contributed by atoms with Crippen molar-refractivity contribution in [3.63, 3.8) is 0 Å². The Balaban J connectivity index is 0.00000242. The summed E-state index contributed by atoms with van der Waals surface area (Å²) in [5.74, 6) is 0.603. The van der Waals surface area contributed by atoms with Crippen LogP contribution in [0.2, 0.25) is 0 Å². The molecular formula is C16H25BrClN3O. The van der Waals surface area contributed by atoms with Gasteiger partial charge in [-0.2, -0.15) is 0 Å². The monoisotopic (exact) mass is 389 g/mol. The first-order chi connectivity index (χ1) is 9.99. The van der Waals surface area contributed by atoms with Gasteiger partial charge in [0.2, 0.25) is 5.91 Å². The Bertz CT molecular complexity index is 483. The lowest BCUT2D eigenvalue weighted by Gasteiger charge is -2.22. The number of nitrogens with two attached hydrogens (primary N) is 1. The second-order valence-electron chi connectivity index (χ2n) is 5.96. The zero-order valence-electron chi connectivity index (χ0n) is 13.1. The highest BCUT2D eigenvalue weighted by atomic mass is 79.9. The van der Waals surface area contributed by atoms with Crippen molar-refractivity contribution >= 4 is 34.2 Å². The van der Waals surface area contributed by atoms with Crippen LogP contribution in [0.1, 0.15) is 31.9 Å². The molecule has 1 aromatic rings. The fraction of sp³-hybridized carbons (Fsp3) is 0.562. The standard InChI is InChI=1S/C16H24BrN3O.ClH/c1-11-7-13(8-18)9-20(11)10-16(21)19-12(2)14-3-5-15(17)6-4-14;/h3-6,11-13H,7-10,18H2,1-2H3,(H,19,21);1H. The van der Waals surface area contributed by atoms with Gasteiger partial charge in [0.05, 0.1) is 12.6 Å². The van der Waals surface area contributed by atoms with Crippen LogP contribution < -0.4 is 11.1 Å². The molecule has 3 atom stereocenters. The molecule has 0 aromatic heterocycles. The second-order valence-corrected chi connectivity index (χ2v) is 6.87. The molecule has 3 unspecified atom stereocenters. The maximum absolute atomic E-state index is 12.2. The number of carbonyl (C=O) groups is 1. The van der Waals surface area contributed by atoms with Crippen molar-refractivity contribution in [2.75, 3.05) is 19.6 Å². The summed E-state index contributed by atoms with van der Waals surface area (Å²) >= 11 is 3.42. The van der Waals surface area contributed by atoms with Gasteiger partial charge < -0.3 is 11.1 Å². The molecule has 1 amide bonds. The predicted octanol–water partition coefficient (Wildman–Crippen LogP) is 2.72. The first-order valence-corrected chi connectivity index (χ1v) is 8.27. The predicted molar refractivity (Wildman–Crippen MR) is 96.1 cm³/mol. The van der Waals surface area contributed by atoms with Gasteiger partial charge in [-0.1, -0.05) is 28.1 Å². The van der Waals surface area contributed by atoms with Crippen molar-refractivity contribution in [3.8, 4) is 0 Å². The fourth-order valence-corrected chi connectivity index (χ4v) is 3.18. The maximum atomic E-state index is 12.2. The third kappa shape index (κ3) is 5.23. The normalized spacial score (nSPS) is 22.9. The lowest BCUT2D eigenvalue weighted by Crippen LogP contribution is -2.40. The van der Waals surface area contributed by atoms with Crippen LogP contribution in [-0.2, 0) is 4.79 Å². The summed E-state index contributed by atoms with van der Waals surface area (Å²) < 4.78 is 1.04. The Morgan fingerprint density at radius 2 is 2.09 bits per heavy atom. The molecule has 0 spiro atoms. The molecule has 1 aliphatic rings. The van der Waals surface area contributed by atoms with Crippen LogP contribution in [0.5, 0.6) is 0 Å². The van der Waals surface area contributed by atoms with Gasteiger partial charge in [0.25, 0.3) is 0 Å². The fourth-order valence-electron chi connectivity index (χ4n) is 2.92. The van der Waals surface area contributed by atoms with Crippen LogP contribution in [0.4, 0.5) is 0 Å². The molecule has 22 heavy (non-hydrogen) atoms. The Labute approximate surface area is 147 Å². The van der Waals surface area contributed by atoms with Gasteiger partial charge in [-0.05, 0) is 50.4 Å². The van der Waals surface area contributed by atoms with E-state index in [1.54, 1.807) is 0 Å². The van der Waals surface area contributed by atoms with Gasteiger partial charge in [-0.3, -0.25) is 9.69 Å². The summed E-state index contributed by atoms with van der Waals surface area (Å²) in [5.41, 5.74) is 6.84. The van der Waals surface area contributed by atoms with E-state index in [-0.39, 0.29) is 24.4 Å². The van der Waals surface area contributed by atoms with E-state index in [1.165, 1.54) is 0 Å². The van der Waals surface area contributed by atoms with Crippen molar-refractivity contribution < 1.29 is 4.79 Å². The number of likely N-dealkylation sites (tertiary alicyclic amines) is 1. The number of hydrogen-bond donors (Lipinski definition) is 2. The highest BCUT2D eigenvalue weighted by Gasteiger charge is 2.29. The van der Waals surface area contributed by atoms with E-state index in [0.717, 1.165) is 23.0 Å². The maximum Gasteiger partial charge on any atom is 0.234 e. The van der Waals surface area contributed by atoms with Crippen LogP contribution in [0, 0.1) is 5.92 Å². The van der Waals surface area contributed by atoms with Crippen molar-refractivity contribution in [1.29, 1.82) is 0 Å². The van der Waals surface area contributed by atoms with E-state index >= 15 is 0 Å². The molecule has 1 fully saturated rings. The molecule has 3 N–H and O–H groups in total. The summed E-state index contributed by atoms with van der Waals surface area (Å²) in [5, 5.41) is 3.07. The molecule has 4 nitrogen and oxygen atoms in total. The summed E-state index contributed by atoms with van der Waals surface area (Å²) in [6, 6.07) is 8.50. The molecule has 1 saturated heterocycles. The molecular weight excluding hydrogens is 366 g/mol. The van der Waals surface area contributed by atoms with Crippen molar-refractivity contribution in [3.05, 3.63) is 34.3 Å². The number of nitrogens with zero attached hydrogens (tertiary/aromatic N) is 1. The number of halogens is 2. The van der Waals surface area contributed by atoms with Gasteiger partial charge >= 0.3 is 0 Å². The van der Waals surface area contributed by atoms with Gasteiger partial charge in [0.1, 0.15) is 0 Å². The lowest BCUT2D eigenvalue weighted by atomic mass is 10.1. The topological polar surface area (TPSA) is 58.4 Å². The van der Waals surface area contributed by atoms with Gasteiger partial charge in [-0.15, -0.1) is 12.4 Å². The van der Waals surface area contributed by atoms with Crippen LogP contribution >= 0.6 is 28.3 Å². The van der Waals surface area contributed by atoms with E-state index in [4.69, 9.17) is 5.73 Å². The van der Waals surface area contributed by atoms with Crippen LogP contribution in [0.15, 0.2) is 28.7 Å². The highest BCUT2D eigenvalue weighted by Crippen LogP contribution is 2.22. The third-order valence-corrected chi connectivity index (χ3v) is 4.75. The highest BCUT2D eigenvalue weighted by molar-refractivity contribution is 9.10. The van der Waals surface area contributed by atoms with Crippen molar-refractivity contribution in [2.24, 2.45) is 11.7 Å². The molecule has 1 heterocycles. The molecule has 0 bridgehead atoms. The number of carbonyl (C=O) groups excluding carboxylic acids is 1. The third-order valence-electron chi connectivity index (χ3n) is 4.22. The average molecular weight is 391 g/mol. The van der Waals surface area contributed by atoms with Gasteiger partial charge in [0.15, 0.2) is 0 Å². The summed E-state index contributed by atoms with van der Waals surface area (Å²) in [4.78, 5) is 14.4. The molecule has 0 aliphatic carbocycles. The number of hydrogen-bond acceptors (Lipinski definition) is 3. The molecule has 1 aliphatic heterocycles. The summed E-state index contributed by atoms with van der Waals surface area (Å²) in [7, 11) is 0. The van der Waals surface area contributed by atoms with E-state index in [1.807, 2.05) is 31.2 Å². The summed E-state index contributed by atoms with van der Waals surface area (Å²) in [6.45, 7) is 6.27. The molecule has 2 rings (SSSR count). The number of nitrogens with one attached hydrogen (secondary N) is 1. The van der Waals surface area contributed by atoms with Crippen molar-refractivity contribution in [2.45, 2.75) is 32.4 Å². The lowest BCUT2D eigenvalue weighted by molar-refractivity contribution is -0.123. The number of benzene rings is 1. The van der Waals surface area contributed by atoms with Crippen LogP contribution in [0.25, 0.3) is 0 Å². The van der Waals surface area contributed by atoms with Crippen LogP contribution in [0.3, 0.4) is 0 Å². The van der Waals surface area contributed by atoms with Gasteiger partial charge in [-0.25, -0.2) is 0 Å².